The van der Waals surface area contributed by atoms with Crippen molar-refractivity contribution in [1.29, 1.82) is 0 Å². The number of carboxylic acids is 1. The van der Waals surface area contributed by atoms with E-state index >= 15 is 0 Å². The summed E-state index contributed by atoms with van der Waals surface area (Å²) in [7, 11) is 0. The van der Waals surface area contributed by atoms with Crippen molar-refractivity contribution in [2.24, 2.45) is 0 Å². The molecule has 0 aromatic heterocycles. The first-order chi connectivity index (χ1) is 10.4. The second-order valence-electron chi connectivity index (χ2n) is 4.92. The Morgan fingerprint density at radius 1 is 0.955 bits per heavy atom. The van der Waals surface area contributed by atoms with E-state index in [0.29, 0.717) is 22.6 Å². The van der Waals surface area contributed by atoms with Gasteiger partial charge in [0.05, 0.1) is 0 Å². The molecule has 8 heteroatoms. The molecule has 8 nitrogen and oxygen atoms in total. The molecule has 0 radical (unpaired) electrons. The molecular weight excluding hydrogens is 292 g/mol. The number of amides is 4. The highest BCUT2D eigenvalue weighted by molar-refractivity contribution is 6.20. The summed E-state index contributed by atoms with van der Waals surface area (Å²) in [6.07, 6.45) is 4.32. The van der Waals surface area contributed by atoms with Gasteiger partial charge in [-0.3, -0.25) is 19.2 Å². The fourth-order valence-electron chi connectivity index (χ4n) is 2.57. The predicted molar refractivity (Wildman–Crippen MR) is 71.9 cm³/mol. The molecule has 2 heterocycles. The van der Waals surface area contributed by atoms with Crippen molar-refractivity contribution in [3.05, 3.63) is 24.3 Å². The van der Waals surface area contributed by atoms with Crippen LogP contribution in [0.4, 0.5) is 0 Å². The number of hydrogen-bond donors (Lipinski definition) is 1. The van der Waals surface area contributed by atoms with Gasteiger partial charge < -0.3 is 5.11 Å². The molecule has 2 rings (SSSR count). The van der Waals surface area contributed by atoms with Crippen LogP contribution in [-0.4, -0.2) is 50.2 Å². The smallest absolute Gasteiger partial charge is 0.351 e. The lowest BCUT2D eigenvalue weighted by Gasteiger charge is -2.42. The fraction of sp³-hybridized carbons (Fsp3) is 0.357. The lowest BCUT2D eigenvalue weighted by molar-refractivity contribution is -0.182. The van der Waals surface area contributed by atoms with Crippen LogP contribution in [-0.2, 0) is 24.0 Å². The summed E-state index contributed by atoms with van der Waals surface area (Å²) < 4.78 is 0. The third-order valence-corrected chi connectivity index (χ3v) is 3.58. The number of rotatable bonds is 6. The van der Waals surface area contributed by atoms with Crippen LogP contribution >= 0.6 is 0 Å². The zero-order valence-corrected chi connectivity index (χ0v) is 11.8. The van der Waals surface area contributed by atoms with Crippen LogP contribution in [0.25, 0.3) is 0 Å². The van der Waals surface area contributed by atoms with E-state index < -0.39 is 35.3 Å². The van der Waals surface area contributed by atoms with Gasteiger partial charge in [-0.1, -0.05) is 13.3 Å². The highest BCUT2D eigenvalue weighted by Crippen LogP contribution is 2.33. The van der Waals surface area contributed by atoms with Crippen molar-refractivity contribution in [1.82, 2.24) is 9.80 Å². The Morgan fingerprint density at radius 2 is 1.32 bits per heavy atom. The zero-order valence-electron chi connectivity index (χ0n) is 11.8. The molecule has 116 valence electrons. The molecule has 0 bridgehead atoms. The summed E-state index contributed by atoms with van der Waals surface area (Å²) in [4.78, 5) is 60.7. The summed E-state index contributed by atoms with van der Waals surface area (Å²) in [5.74, 6) is -5.06. The number of carboxylic acid groups (broad SMARTS) is 1. The quantitative estimate of drug-likeness (QED) is 0.681. The number of carbonyl (C=O) groups excluding carboxylic acids is 4. The zero-order chi connectivity index (χ0) is 16.5. The molecule has 4 amide bonds. The van der Waals surface area contributed by atoms with Crippen LogP contribution in [0.15, 0.2) is 24.3 Å². The van der Waals surface area contributed by atoms with Crippen molar-refractivity contribution in [2.45, 2.75) is 31.8 Å². The predicted octanol–water partition coefficient (Wildman–Crippen LogP) is -0.193. The van der Waals surface area contributed by atoms with Crippen LogP contribution < -0.4 is 0 Å². The fourth-order valence-corrected chi connectivity index (χ4v) is 2.57. The lowest BCUT2D eigenvalue weighted by atomic mass is 9.97. The minimum Gasteiger partial charge on any atom is -0.478 e. The van der Waals surface area contributed by atoms with Crippen molar-refractivity contribution in [3.8, 4) is 0 Å². The third-order valence-electron chi connectivity index (χ3n) is 3.58. The Hall–Kier alpha value is -2.77. The maximum atomic E-state index is 12.0. The van der Waals surface area contributed by atoms with Crippen LogP contribution in [0.2, 0.25) is 0 Å². The molecule has 0 spiro atoms. The molecule has 0 fully saturated rings. The van der Waals surface area contributed by atoms with E-state index in [1.807, 2.05) is 0 Å². The molecule has 2 aliphatic rings. The highest BCUT2D eigenvalue weighted by atomic mass is 16.4. The van der Waals surface area contributed by atoms with Crippen molar-refractivity contribution in [2.75, 3.05) is 0 Å². The first-order valence-corrected chi connectivity index (χ1v) is 6.72. The van der Waals surface area contributed by atoms with Gasteiger partial charge in [0.15, 0.2) is 0 Å². The number of unbranched alkanes of at least 4 members (excludes halogenated alkanes) is 1. The Morgan fingerprint density at radius 3 is 1.59 bits per heavy atom. The molecule has 0 aliphatic carbocycles. The number of imide groups is 2. The van der Waals surface area contributed by atoms with Crippen molar-refractivity contribution in [3.63, 3.8) is 0 Å². The van der Waals surface area contributed by atoms with Crippen LogP contribution in [0.3, 0.4) is 0 Å². The normalized spacial score (nSPS) is 18.0. The maximum Gasteiger partial charge on any atom is 0.351 e. The van der Waals surface area contributed by atoms with Gasteiger partial charge in [-0.05, 0) is 6.42 Å². The van der Waals surface area contributed by atoms with E-state index in [1.54, 1.807) is 6.92 Å². The van der Waals surface area contributed by atoms with E-state index in [0.717, 1.165) is 24.3 Å². The average molecular weight is 306 g/mol. The summed E-state index contributed by atoms with van der Waals surface area (Å²) >= 11 is 0. The van der Waals surface area contributed by atoms with Gasteiger partial charge in [0, 0.05) is 30.7 Å². The molecule has 1 N–H and O–H groups in total. The second kappa shape index (κ2) is 5.55. The van der Waals surface area contributed by atoms with Gasteiger partial charge in [0.25, 0.3) is 23.6 Å². The van der Waals surface area contributed by atoms with E-state index in [9.17, 15) is 29.1 Å². The molecule has 2 aliphatic heterocycles. The molecule has 0 aromatic rings. The number of aliphatic carboxylic acids is 1. The molecule has 0 unspecified atom stereocenters. The van der Waals surface area contributed by atoms with Gasteiger partial charge >= 0.3 is 5.97 Å². The average Bonchev–Trinajstić information content (AvgIpc) is 2.97. The maximum absolute atomic E-state index is 12.0. The number of nitrogens with zero attached hydrogens (tertiary/aromatic N) is 2. The monoisotopic (exact) mass is 306 g/mol. The lowest BCUT2D eigenvalue weighted by Crippen LogP contribution is -2.68. The van der Waals surface area contributed by atoms with Crippen molar-refractivity contribution >= 4 is 29.6 Å². The molecule has 22 heavy (non-hydrogen) atoms. The Kier molecular flexibility index (Phi) is 3.94. The van der Waals surface area contributed by atoms with Gasteiger partial charge in [-0.15, -0.1) is 0 Å². The topological polar surface area (TPSA) is 112 Å². The number of hydrogen-bond acceptors (Lipinski definition) is 5. The first kappa shape index (κ1) is 15.6. The van der Waals surface area contributed by atoms with E-state index in [1.165, 1.54) is 0 Å². The van der Waals surface area contributed by atoms with Crippen LogP contribution in [0.1, 0.15) is 26.2 Å². The summed E-state index contributed by atoms with van der Waals surface area (Å²) in [6, 6.07) is 0. The van der Waals surface area contributed by atoms with Gasteiger partial charge in [-0.25, -0.2) is 14.6 Å². The minimum absolute atomic E-state index is 0.225. The highest BCUT2D eigenvalue weighted by Gasteiger charge is 2.58. The van der Waals surface area contributed by atoms with Gasteiger partial charge in [0.2, 0.25) is 5.66 Å². The SMILES string of the molecule is CCCCC(C(=O)O)(N1C(=O)C=CC1=O)N1C(=O)C=CC1=O. The summed E-state index contributed by atoms with van der Waals surface area (Å²) in [6.45, 7) is 1.78. The summed E-state index contributed by atoms with van der Waals surface area (Å²) in [5, 5.41) is 9.69. The third kappa shape index (κ3) is 2.12. The largest absolute Gasteiger partial charge is 0.478 e. The Bertz CT molecular complexity index is 555. The Labute approximate surface area is 125 Å². The van der Waals surface area contributed by atoms with Crippen LogP contribution in [0, 0.1) is 0 Å². The molecule has 0 saturated carbocycles. The van der Waals surface area contributed by atoms with Crippen LogP contribution in [0.5, 0.6) is 0 Å². The Balaban J connectivity index is 2.59. The van der Waals surface area contributed by atoms with Gasteiger partial charge in [0.1, 0.15) is 0 Å². The van der Waals surface area contributed by atoms with E-state index in [2.05, 4.69) is 0 Å². The standard InChI is InChI=1S/C14H14N2O6/c1-2-3-8-14(13(21)22,15-9(17)4-5-10(15)18)16-11(19)6-7-12(16)20/h4-7H,2-3,8H2,1H3,(H,21,22). The first-order valence-electron chi connectivity index (χ1n) is 6.72. The minimum atomic E-state index is -2.34. The second-order valence-corrected chi connectivity index (χ2v) is 4.92. The number of carbonyl (C=O) groups is 5. The summed E-state index contributed by atoms with van der Waals surface area (Å²) in [5.41, 5.74) is -2.34. The van der Waals surface area contributed by atoms with E-state index in [4.69, 9.17) is 0 Å². The molecule has 0 atom stereocenters. The molecule has 0 saturated heterocycles. The molecular formula is C14H14N2O6. The van der Waals surface area contributed by atoms with E-state index in [-0.39, 0.29) is 6.42 Å². The molecule has 0 aromatic carbocycles. The van der Waals surface area contributed by atoms with Gasteiger partial charge in [-0.2, -0.15) is 0 Å². The van der Waals surface area contributed by atoms with Crippen molar-refractivity contribution < 1.29 is 29.1 Å².